The molecule has 3 aromatic carbocycles. The summed E-state index contributed by atoms with van der Waals surface area (Å²) >= 11 is 6.11. The Kier molecular flexibility index (Phi) is 4.56. The largest absolute Gasteiger partial charge is 0.439 e. The topological polar surface area (TPSA) is 70.8 Å². The minimum absolute atomic E-state index is 0.261. The van der Waals surface area contributed by atoms with Crippen LogP contribution in [0, 0.1) is 11.3 Å². The van der Waals surface area contributed by atoms with Crippen molar-refractivity contribution in [1.29, 1.82) is 5.26 Å². The standard InChI is InChI=1S/C21H13ClN4O/c22-19-12-20(27-18-10-7-15-3-1-2-4-16(15)11-18)26-21(25-19)24-17-8-5-14(13-23)6-9-17/h1-12H,(H,24,25,26). The van der Waals surface area contributed by atoms with Gasteiger partial charge in [0.1, 0.15) is 10.9 Å². The third kappa shape index (κ3) is 3.97. The minimum atomic E-state index is 0.261. The van der Waals surface area contributed by atoms with Gasteiger partial charge in [0.25, 0.3) is 0 Å². The van der Waals surface area contributed by atoms with Crippen LogP contribution in [0.25, 0.3) is 10.8 Å². The van der Waals surface area contributed by atoms with Gasteiger partial charge in [0.2, 0.25) is 11.8 Å². The summed E-state index contributed by atoms with van der Waals surface area (Å²) < 4.78 is 5.86. The second-order valence-corrected chi connectivity index (χ2v) is 6.16. The second kappa shape index (κ2) is 7.32. The molecule has 4 aromatic rings. The smallest absolute Gasteiger partial charge is 0.231 e. The summed E-state index contributed by atoms with van der Waals surface area (Å²) in [6, 6.07) is 24.4. The van der Waals surface area contributed by atoms with Gasteiger partial charge in [-0.25, -0.2) is 4.98 Å². The lowest BCUT2D eigenvalue weighted by Crippen LogP contribution is -1.99. The summed E-state index contributed by atoms with van der Waals surface area (Å²) in [6.07, 6.45) is 0. The minimum Gasteiger partial charge on any atom is -0.439 e. The molecule has 4 rings (SSSR count). The highest BCUT2D eigenvalue weighted by Gasteiger charge is 2.07. The van der Waals surface area contributed by atoms with Crippen LogP contribution < -0.4 is 10.1 Å². The molecular weight excluding hydrogens is 360 g/mol. The van der Waals surface area contributed by atoms with E-state index in [-0.39, 0.29) is 5.15 Å². The zero-order valence-electron chi connectivity index (χ0n) is 14.1. The number of halogens is 1. The summed E-state index contributed by atoms with van der Waals surface area (Å²) in [4.78, 5) is 8.51. The van der Waals surface area contributed by atoms with Crippen molar-refractivity contribution in [3.63, 3.8) is 0 Å². The zero-order valence-corrected chi connectivity index (χ0v) is 14.8. The number of fused-ring (bicyclic) bond motifs is 1. The van der Waals surface area contributed by atoms with Crippen LogP contribution in [0.2, 0.25) is 5.15 Å². The van der Waals surface area contributed by atoms with E-state index in [1.807, 2.05) is 42.5 Å². The summed E-state index contributed by atoms with van der Waals surface area (Å²) in [5.41, 5.74) is 1.32. The van der Waals surface area contributed by atoms with Crippen molar-refractivity contribution in [2.45, 2.75) is 0 Å². The number of nitrogens with one attached hydrogen (secondary N) is 1. The van der Waals surface area contributed by atoms with Crippen LogP contribution in [0.3, 0.4) is 0 Å². The van der Waals surface area contributed by atoms with E-state index in [9.17, 15) is 0 Å². The van der Waals surface area contributed by atoms with Crippen LogP contribution in [0.15, 0.2) is 72.8 Å². The van der Waals surface area contributed by atoms with Crippen LogP contribution in [-0.4, -0.2) is 9.97 Å². The van der Waals surface area contributed by atoms with Crippen molar-refractivity contribution in [2.24, 2.45) is 0 Å². The Morgan fingerprint density at radius 2 is 1.67 bits per heavy atom. The van der Waals surface area contributed by atoms with Gasteiger partial charge in [0, 0.05) is 11.8 Å². The van der Waals surface area contributed by atoms with Crippen molar-refractivity contribution in [1.82, 2.24) is 9.97 Å². The van der Waals surface area contributed by atoms with Crippen LogP contribution in [0.1, 0.15) is 5.56 Å². The van der Waals surface area contributed by atoms with E-state index in [0.29, 0.717) is 23.1 Å². The maximum atomic E-state index is 8.87. The van der Waals surface area contributed by atoms with Gasteiger partial charge < -0.3 is 10.1 Å². The van der Waals surface area contributed by atoms with E-state index in [2.05, 4.69) is 21.4 Å². The normalized spacial score (nSPS) is 10.4. The predicted octanol–water partition coefficient (Wildman–Crippen LogP) is 5.69. The molecule has 0 unspecified atom stereocenters. The molecule has 130 valence electrons. The molecule has 0 aliphatic heterocycles. The molecule has 1 heterocycles. The average molecular weight is 373 g/mol. The number of ether oxygens (including phenoxy) is 1. The summed E-state index contributed by atoms with van der Waals surface area (Å²) in [5, 5.41) is 14.4. The maximum Gasteiger partial charge on any atom is 0.231 e. The van der Waals surface area contributed by atoms with E-state index in [0.717, 1.165) is 16.5 Å². The first kappa shape index (κ1) is 16.8. The SMILES string of the molecule is N#Cc1ccc(Nc2nc(Cl)cc(Oc3ccc4ccccc4c3)n2)cc1. The van der Waals surface area contributed by atoms with Crippen molar-refractivity contribution >= 4 is 34.0 Å². The van der Waals surface area contributed by atoms with Crippen molar-refractivity contribution in [2.75, 3.05) is 5.32 Å². The first-order valence-corrected chi connectivity index (χ1v) is 8.56. The van der Waals surface area contributed by atoms with Gasteiger partial charge in [0.05, 0.1) is 11.6 Å². The predicted molar refractivity (Wildman–Crippen MR) is 106 cm³/mol. The maximum absolute atomic E-state index is 8.87. The molecule has 0 radical (unpaired) electrons. The highest BCUT2D eigenvalue weighted by molar-refractivity contribution is 6.29. The molecule has 0 atom stereocenters. The molecule has 0 amide bonds. The Hall–Kier alpha value is -3.62. The first-order chi connectivity index (χ1) is 13.2. The van der Waals surface area contributed by atoms with Gasteiger partial charge in [-0.2, -0.15) is 10.2 Å². The molecule has 0 fully saturated rings. The lowest BCUT2D eigenvalue weighted by molar-refractivity contribution is 0.463. The Balaban J connectivity index is 1.58. The zero-order chi connectivity index (χ0) is 18.6. The summed E-state index contributed by atoms with van der Waals surface area (Å²) in [6.45, 7) is 0. The first-order valence-electron chi connectivity index (χ1n) is 8.18. The molecule has 0 spiro atoms. The Morgan fingerprint density at radius 1 is 0.889 bits per heavy atom. The van der Waals surface area contributed by atoms with E-state index in [1.54, 1.807) is 30.3 Å². The molecule has 1 N–H and O–H groups in total. The van der Waals surface area contributed by atoms with Gasteiger partial charge in [-0.05, 0) is 47.2 Å². The number of aromatic nitrogens is 2. The van der Waals surface area contributed by atoms with Gasteiger partial charge in [-0.1, -0.05) is 41.9 Å². The molecule has 6 heteroatoms. The molecule has 1 aromatic heterocycles. The van der Waals surface area contributed by atoms with Gasteiger partial charge in [-0.3, -0.25) is 0 Å². The van der Waals surface area contributed by atoms with Gasteiger partial charge in [-0.15, -0.1) is 0 Å². The number of rotatable bonds is 4. The number of benzene rings is 3. The molecule has 0 bridgehead atoms. The Labute approximate surface area is 160 Å². The number of nitrogens with zero attached hydrogens (tertiary/aromatic N) is 3. The van der Waals surface area contributed by atoms with E-state index in [4.69, 9.17) is 21.6 Å². The quantitative estimate of drug-likeness (QED) is 0.466. The molecule has 0 aliphatic rings. The molecule has 0 aliphatic carbocycles. The Bertz CT molecular complexity index is 1150. The molecular formula is C21H13ClN4O. The molecule has 5 nitrogen and oxygen atoms in total. The molecule has 0 saturated carbocycles. The lowest BCUT2D eigenvalue weighted by atomic mass is 10.1. The third-order valence-electron chi connectivity index (χ3n) is 3.88. The molecule has 0 saturated heterocycles. The summed E-state index contributed by atoms with van der Waals surface area (Å²) in [7, 11) is 0. The second-order valence-electron chi connectivity index (χ2n) is 5.78. The highest BCUT2D eigenvalue weighted by Crippen LogP contribution is 2.27. The van der Waals surface area contributed by atoms with Crippen molar-refractivity contribution in [3.8, 4) is 17.7 Å². The number of hydrogen-bond donors (Lipinski definition) is 1. The van der Waals surface area contributed by atoms with E-state index < -0.39 is 0 Å². The lowest BCUT2D eigenvalue weighted by Gasteiger charge is -2.09. The van der Waals surface area contributed by atoms with Crippen LogP contribution in [0.4, 0.5) is 11.6 Å². The molecule has 27 heavy (non-hydrogen) atoms. The fourth-order valence-corrected chi connectivity index (χ4v) is 2.79. The van der Waals surface area contributed by atoms with Crippen LogP contribution in [0.5, 0.6) is 11.6 Å². The van der Waals surface area contributed by atoms with Crippen LogP contribution in [-0.2, 0) is 0 Å². The fourth-order valence-electron chi connectivity index (χ4n) is 2.61. The van der Waals surface area contributed by atoms with Gasteiger partial charge in [0.15, 0.2) is 0 Å². The van der Waals surface area contributed by atoms with E-state index >= 15 is 0 Å². The average Bonchev–Trinajstić information content (AvgIpc) is 2.68. The van der Waals surface area contributed by atoms with Crippen LogP contribution >= 0.6 is 11.6 Å². The fraction of sp³-hybridized carbons (Fsp3) is 0. The van der Waals surface area contributed by atoms with Gasteiger partial charge >= 0.3 is 0 Å². The number of nitriles is 1. The summed E-state index contributed by atoms with van der Waals surface area (Å²) in [5.74, 6) is 1.30. The highest BCUT2D eigenvalue weighted by atomic mass is 35.5. The Morgan fingerprint density at radius 3 is 2.44 bits per heavy atom. The van der Waals surface area contributed by atoms with Crippen molar-refractivity contribution < 1.29 is 4.74 Å². The monoisotopic (exact) mass is 372 g/mol. The van der Waals surface area contributed by atoms with E-state index in [1.165, 1.54) is 0 Å². The van der Waals surface area contributed by atoms with Crippen molar-refractivity contribution in [3.05, 3.63) is 83.5 Å². The number of hydrogen-bond acceptors (Lipinski definition) is 5. The number of anilines is 2. The third-order valence-corrected chi connectivity index (χ3v) is 4.08.